The summed E-state index contributed by atoms with van der Waals surface area (Å²) in [5.41, 5.74) is 7.81. The lowest BCUT2D eigenvalue weighted by atomic mass is 10.1. The van der Waals surface area contributed by atoms with Crippen LogP contribution in [0.1, 0.15) is 12.0 Å². The third-order valence-corrected chi connectivity index (χ3v) is 3.90. The van der Waals surface area contributed by atoms with Crippen molar-refractivity contribution in [3.05, 3.63) is 59.9 Å². The number of carbonyl (C=O) groups is 2. The molecule has 25 heavy (non-hydrogen) atoms. The summed E-state index contributed by atoms with van der Waals surface area (Å²) in [7, 11) is 0. The van der Waals surface area contributed by atoms with Crippen LogP contribution >= 0.6 is 0 Å². The number of benzene rings is 2. The van der Waals surface area contributed by atoms with E-state index < -0.39 is 23.7 Å². The van der Waals surface area contributed by atoms with Gasteiger partial charge >= 0.3 is 0 Å². The molecule has 0 fully saturated rings. The van der Waals surface area contributed by atoms with E-state index in [9.17, 15) is 14.0 Å². The van der Waals surface area contributed by atoms with Crippen molar-refractivity contribution in [3.63, 3.8) is 0 Å². The number of rotatable bonds is 4. The zero-order valence-corrected chi connectivity index (χ0v) is 13.6. The van der Waals surface area contributed by atoms with E-state index in [0.717, 1.165) is 5.56 Å². The minimum atomic E-state index is -0.788. The van der Waals surface area contributed by atoms with E-state index in [0.29, 0.717) is 11.4 Å². The molecule has 1 aliphatic heterocycles. The van der Waals surface area contributed by atoms with Gasteiger partial charge in [-0.25, -0.2) is 4.39 Å². The van der Waals surface area contributed by atoms with E-state index in [4.69, 9.17) is 5.73 Å². The second kappa shape index (κ2) is 6.72. The Balaban J connectivity index is 1.82. The van der Waals surface area contributed by atoms with Gasteiger partial charge in [-0.2, -0.15) is 5.10 Å². The van der Waals surface area contributed by atoms with Gasteiger partial charge in [-0.1, -0.05) is 17.7 Å². The van der Waals surface area contributed by atoms with Crippen LogP contribution in [0.4, 0.5) is 15.8 Å². The standard InChI is InChI=1S/C18H17FN4O2/c1-11-2-6-13(7-3-11)21-18(25)15-10-16(17(20)24)23(22-15)14-8-4-12(19)5-9-14/h2-9,16H,10H2,1H3,(H2,20,24)(H,21,25). The summed E-state index contributed by atoms with van der Waals surface area (Å²) in [4.78, 5) is 24.1. The lowest BCUT2D eigenvalue weighted by Gasteiger charge is -2.20. The molecule has 1 heterocycles. The topological polar surface area (TPSA) is 87.8 Å². The molecule has 0 bridgehead atoms. The largest absolute Gasteiger partial charge is 0.368 e. The molecule has 6 nitrogen and oxygen atoms in total. The van der Waals surface area contributed by atoms with Gasteiger partial charge in [0.25, 0.3) is 5.91 Å². The first-order chi connectivity index (χ1) is 11.9. The molecule has 2 aromatic rings. The van der Waals surface area contributed by atoms with Crippen molar-refractivity contribution in [2.45, 2.75) is 19.4 Å². The van der Waals surface area contributed by atoms with Gasteiger partial charge in [0.05, 0.1) is 5.69 Å². The average Bonchev–Trinajstić information content (AvgIpc) is 3.03. The average molecular weight is 340 g/mol. The van der Waals surface area contributed by atoms with Crippen molar-refractivity contribution in [2.24, 2.45) is 10.8 Å². The summed E-state index contributed by atoms with van der Waals surface area (Å²) in [6, 6.07) is 12.0. The number of hydrogen-bond donors (Lipinski definition) is 2. The number of nitrogens with zero attached hydrogens (tertiary/aromatic N) is 2. The van der Waals surface area contributed by atoms with Crippen molar-refractivity contribution in [1.29, 1.82) is 0 Å². The molecule has 0 aromatic heterocycles. The van der Waals surface area contributed by atoms with Crippen LogP contribution in [0, 0.1) is 12.7 Å². The quantitative estimate of drug-likeness (QED) is 0.894. The fourth-order valence-corrected chi connectivity index (χ4v) is 2.54. The van der Waals surface area contributed by atoms with Crippen molar-refractivity contribution in [3.8, 4) is 0 Å². The number of halogens is 1. The van der Waals surface area contributed by atoms with Crippen molar-refractivity contribution in [1.82, 2.24) is 0 Å². The molecule has 0 saturated carbocycles. The zero-order chi connectivity index (χ0) is 18.0. The summed E-state index contributed by atoms with van der Waals surface area (Å²) >= 11 is 0. The minimum Gasteiger partial charge on any atom is -0.368 e. The van der Waals surface area contributed by atoms with Crippen LogP contribution in [0.2, 0.25) is 0 Å². The highest BCUT2D eigenvalue weighted by Crippen LogP contribution is 2.25. The maximum Gasteiger partial charge on any atom is 0.271 e. The number of hydrogen-bond acceptors (Lipinski definition) is 4. The molecular formula is C18H17FN4O2. The smallest absolute Gasteiger partial charge is 0.271 e. The summed E-state index contributed by atoms with van der Waals surface area (Å²) in [6.45, 7) is 1.95. The molecule has 0 aliphatic carbocycles. The van der Waals surface area contributed by atoms with Gasteiger partial charge in [0, 0.05) is 12.1 Å². The van der Waals surface area contributed by atoms with Crippen LogP contribution in [0.5, 0.6) is 0 Å². The van der Waals surface area contributed by atoms with E-state index in [2.05, 4.69) is 10.4 Å². The Bertz CT molecular complexity index is 831. The van der Waals surface area contributed by atoms with E-state index >= 15 is 0 Å². The lowest BCUT2D eigenvalue weighted by Crippen LogP contribution is -2.39. The Labute approximate surface area is 144 Å². The summed E-state index contributed by atoms with van der Waals surface area (Å²) in [6.07, 6.45) is 0.0877. The number of carbonyl (C=O) groups excluding carboxylic acids is 2. The first kappa shape index (κ1) is 16.6. The van der Waals surface area contributed by atoms with E-state index in [1.807, 2.05) is 19.1 Å². The molecule has 1 unspecified atom stereocenters. The maximum atomic E-state index is 13.1. The third kappa shape index (κ3) is 3.65. The SMILES string of the molecule is Cc1ccc(NC(=O)C2=NN(c3ccc(F)cc3)C(C(N)=O)C2)cc1. The van der Waals surface area contributed by atoms with Gasteiger partial charge in [-0.05, 0) is 43.3 Å². The van der Waals surface area contributed by atoms with Crippen molar-refractivity contribution >= 4 is 28.9 Å². The van der Waals surface area contributed by atoms with Crippen molar-refractivity contribution in [2.75, 3.05) is 10.3 Å². The number of primary amides is 1. The first-order valence-electron chi connectivity index (χ1n) is 7.73. The van der Waals surface area contributed by atoms with Crippen LogP contribution in [0.15, 0.2) is 53.6 Å². The van der Waals surface area contributed by atoms with Gasteiger partial charge in [0.2, 0.25) is 5.91 Å². The Morgan fingerprint density at radius 3 is 2.40 bits per heavy atom. The van der Waals surface area contributed by atoms with Gasteiger partial charge < -0.3 is 11.1 Å². The number of nitrogens with two attached hydrogens (primary N) is 1. The van der Waals surface area contributed by atoms with Crippen LogP contribution < -0.4 is 16.1 Å². The predicted molar refractivity (Wildman–Crippen MR) is 93.7 cm³/mol. The molecule has 2 amide bonds. The predicted octanol–water partition coefficient (Wildman–Crippen LogP) is 2.19. The van der Waals surface area contributed by atoms with Crippen LogP contribution in [-0.2, 0) is 9.59 Å². The van der Waals surface area contributed by atoms with Gasteiger partial charge in [0.1, 0.15) is 17.6 Å². The highest BCUT2D eigenvalue weighted by atomic mass is 19.1. The fraction of sp³-hybridized carbons (Fsp3) is 0.167. The molecule has 1 aliphatic rings. The normalized spacial score (nSPS) is 16.5. The van der Waals surface area contributed by atoms with Gasteiger partial charge in [-0.15, -0.1) is 0 Å². The first-order valence-corrected chi connectivity index (χ1v) is 7.73. The van der Waals surface area contributed by atoms with E-state index in [1.54, 1.807) is 12.1 Å². The molecule has 7 heteroatoms. The molecular weight excluding hydrogens is 323 g/mol. The van der Waals surface area contributed by atoms with Gasteiger partial charge in [0.15, 0.2) is 0 Å². The monoisotopic (exact) mass is 340 g/mol. The Morgan fingerprint density at radius 2 is 1.80 bits per heavy atom. The fourth-order valence-electron chi connectivity index (χ4n) is 2.54. The van der Waals surface area contributed by atoms with Crippen LogP contribution in [0.25, 0.3) is 0 Å². The number of nitrogens with one attached hydrogen (secondary N) is 1. The van der Waals surface area contributed by atoms with Gasteiger partial charge in [-0.3, -0.25) is 14.6 Å². The Morgan fingerprint density at radius 1 is 1.16 bits per heavy atom. The lowest BCUT2D eigenvalue weighted by molar-refractivity contribution is -0.119. The van der Waals surface area contributed by atoms with E-state index in [1.165, 1.54) is 29.3 Å². The second-order valence-corrected chi connectivity index (χ2v) is 5.81. The molecule has 0 spiro atoms. The highest BCUT2D eigenvalue weighted by Gasteiger charge is 2.35. The molecule has 1 atom stereocenters. The number of anilines is 2. The molecule has 3 rings (SSSR count). The Kier molecular flexibility index (Phi) is 4.47. The molecule has 0 saturated heterocycles. The molecule has 0 radical (unpaired) electrons. The summed E-state index contributed by atoms with van der Waals surface area (Å²) < 4.78 is 13.1. The van der Waals surface area contributed by atoms with Crippen LogP contribution in [-0.4, -0.2) is 23.6 Å². The highest BCUT2D eigenvalue weighted by molar-refractivity contribution is 6.44. The molecule has 128 valence electrons. The van der Waals surface area contributed by atoms with Crippen LogP contribution in [0.3, 0.4) is 0 Å². The summed E-state index contributed by atoms with van der Waals surface area (Å²) in [5.74, 6) is -1.41. The molecule has 3 N–H and O–H groups in total. The Hall–Kier alpha value is -3.22. The van der Waals surface area contributed by atoms with E-state index in [-0.39, 0.29) is 12.1 Å². The minimum absolute atomic E-state index is 0.0877. The number of amides is 2. The van der Waals surface area contributed by atoms with Crippen molar-refractivity contribution < 1.29 is 14.0 Å². The zero-order valence-electron chi connectivity index (χ0n) is 13.6. The summed E-state index contributed by atoms with van der Waals surface area (Å²) in [5, 5.41) is 8.32. The maximum absolute atomic E-state index is 13.1. The molecule has 2 aromatic carbocycles. The number of aryl methyl sites for hydroxylation is 1. The second-order valence-electron chi connectivity index (χ2n) is 5.81. The number of hydrazone groups is 1. The third-order valence-electron chi connectivity index (χ3n) is 3.90.